The summed E-state index contributed by atoms with van der Waals surface area (Å²) in [6.07, 6.45) is 3.98. The second kappa shape index (κ2) is 9.84. The molecule has 1 aromatic carbocycles. The molecule has 0 saturated carbocycles. The molecule has 0 aliphatic carbocycles. The molecule has 0 atom stereocenters. The van der Waals surface area contributed by atoms with Crippen LogP contribution in [0.3, 0.4) is 0 Å². The van der Waals surface area contributed by atoms with E-state index in [1.54, 1.807) is 19.2 Å². The topological polar surface area (TPSA) is 58.6 Å². The zero-order valence-electron chi connectivity index (χ0n) is 12.7. The van der Waals surface area contributed by atoms with Crippen LogP contribution < -0.4 is 10.1 Å². The van der Waals surface area contributed by atoms with Gasteiger partial charge in [0.2, 0.25) is 5.91 Å². The second-order valence-corrected chi connectivity index (χ2v) is 4.70. The van der Waals surface area contributed by atoms with Crippen LogP contribution in [0.5, 0.6) is 5.75 Å². The number of unbranched alkanes of at least 4 members (excludes halogenated alkanes) is 2. The van der Waals surface area contributed by atoms with Gasteiger partial charge in [0, 0.05) is 18.4 Å². The minimum absolute atomic E-state index is 0.0118. The molecule has 4 heteroatoms. The fraction of sp³-hybridized carbons (Fsp3) is 0.471. The van der Waals surface area contributed by atoms with Crippen LogP contribution in [0.1, 0.15) is 44.6 Å². The highest BCUT2D eigenvalue weighted by molar-refractivity contribution is 5.92. The summed E-state index contributed by atoms with van der Waals surface area (Å²) in [5.41, 5.74) is 1.42. The summed E-state index contributed by atoms with van der Waals surface area (Å²) in [6.45, 7) is 2.15. The van der Waals surface area contributed by atoms with Gasteiger partial charge in [0.1, 0.15) is 5.75 Å². The molecule has 0 aliphatic rings. The molecule has 0 saturated heterocycles. The fourth-order valence-electron chi connectivity index (χ4n) is 1.85. The summed E-state index contributed by atoms with van der Waals surface area (Å²) in [5, 5.41) is 11.6. The Morgan fingerprint density at radius 2 is 2.19 bits per heavy atom. The summed E-state index contributed by atoms with van der Waals surface area (Å²) in [6, 6.07) is 5.40. The number of nitrogens with one attached hydrogen (secondary N) is 1. The molecule has 0 aromatic heterocycles. The first-order valence-electron chi connectivity index (χ1n) is 7.28. The smallest absolute Gasteiger partial charge is 0.224 e. The molecule has 0 bridgehead atoms. The van der Waals surface area contributed by atoms with E-state index < -0.39 is 0 Å². The number of benzene rings is 1. The third-order valence-electron chi connectivity index (χ3n) is 2.95. The Labute approximate surface area is 126 Å². The van der Waals surface area contributed by atoms with E-state index in [9.17, 15) is 4.79 Å². The number of rotatable bonds is 7. The highest BCUT2D eigenvalue weighted by Crippen LogP contribution is 2.25. The van der Waals surface area contributed by atoms with Crippen molar-refractivity contribution in [2.75, 3.05) is 19.0 Å². The minimum Gasteiger partial charge on any atom is -0.495 e. The quantitative estimate of drug-likeness (QED) is 0.599. The van der Waals surface area contributed by atoms with Gasteiger partial charge in [-0.3, -0.25) is 4.79 Å². The number of carbonyl (C=O) groups is 1. The van der Waals surface area contributed by atoms with Gasteiger partial charge in [0.25, 0.3) is 0 Å². The second-order valence-electron chi connectivity index (χ2n) is 4.70. The largest absolute Gasteiger partial charge is 0.495 e. The normalized spacial score (nSPS) is 9.67. The molecule has 4 nitrogen and oxygen atoms in total. The average Bonchev–Trinajstić information content (AvgIpc) is 2.48. The van der Waals surface area contributed by atoms with E-state index in [0.717, 1.165) is 24.8 Å². The maximum atomic E-state index is 11.9. The lowest BCUT2D eigenvalue weighted by molar-refractivity contribution is -0.116. The lowest BCUT2D eigenvalue weighted by Gasteiger charge is -2.10. The summed E-state index contributed by atoms with van der Waals surface area (Å²) < 4.78 is 5.25. The Hall–Kier alpha value is -1.99. The van der Waals surface area contributed by atoms with E-state index in [0.29, 0.717) is 24.3 Å². The molecule has 0 heterocycles. The summed E-state index contributed by atoms with van der Waals surface area (Å²) in [5.74, 6) is 6.41. The Morgan fingerprint density at radius 3 is 2.86 bits per heavy atom. The molecule has 1 rings (SSSR count). The molecule has 0 radical (unpaired) electrons. The first-order valence-corrected chi connectivity index (χ1v) is 7.28. The van der Waals surface area contributed by atoms with E-state index in [-0.39, 0.29) is 12.5 Å². The van der Waals surface area contributed by atoms with Gasteiger partial charge in [0.15, 0.2) is 0 Å². The van der Waals surface area contributed by atoms with Crippen molar-refractivity contribution in [3.05, 3.63) is 23.8 Å². The third kappa shape index (κ3) is 6.33. The molecule has 0 aliphatic heterocycles. The predicted octanol–water partition coefficient (Wildman–Crippen LogP) is 2.95. The molecule has 1 aromatic rings. The van der Waals surface area contributed by atoms with Crippen molar-refractivity contribution in [1.29, 1.82) is 0 Å². The van der Waals surface area contributed by atoms with Crippen molar-refractivity contribution in [3.8, 4) is 17.6 Å². The standard InChI is InChI=1S/C17H23NO3/c1-3-4-5-9-17(20)18-15-13-14(8-6-7-12-19)10-11-16(15)21-2/h10-11,13,19H,3-5,7,9,12H2,1-2H3,(H,18,20). The van der Waals surface area contributed by atoms with E-state index >= 15 is 0 Å². The SMILES string of the molecule is CCCCCC(=O)Nc1cc(C#CCCO)ccc1OC. The van der Waals surface area contributed by atoms with Crippen molar-refractivity contribution in [2.24, 2.45) is 0 Å². The van der Waals surface area contributed by atoms with E-state index in [1.165, 1.54) is 0 Å². The molecule has 0 unspecified atom stereocenters. The van der Waals surface area contributed by atoms with Crippen LogP contribution in [-0.2, 0) is 4.79 Å². The summed E-state index contributed by atoms with van der Waals surface area (Å²) in [4.78, 5) is 11.9. The highest BCUT2D eigenvalue weighted by atomic mass is 16.5. The van der Waals surface area contributed by atoms with E-state index in [4.69, 9.17) is 9.84 Å². The van der Waals surface area contributed by atoms with Crippen LogP contribution in [-0.4, -0.2) is 24.7 Å². The van der Waals surface area contributed by atoms with Gasteiger partial charge in [0.05, 0.1) is 19.4 Å². The van der Waals surface area contributed by atoms with Crippen LogP contribution >= 0.6 is 0 Å². The van der Waals surface area contributed by atoms with Gasteiger partial charge in [-0.15, -0.1) is 0 Å². The van der Waals surface area contributed by atoms with Crippen molar-refractivity contribution < 1.29 is 14.6 Å². The lowest BCUT2D eigenvalue weighted by Crippen LogP contribution is -2.12. The molecular formula is C17H23NO3. The van der Waals surface area contributed by atoms with Gasteiger partial charge in [-0.2, -0.15) is 0 Å². The number of carbonyl (C=O) groups excluding carboxylic acids is 1. The Bertz CT molecular complexity index is 515. The van der Waals surface area contributed by atoms with Crippen LogP contribution in [0, 0.1) is 11.8 Å². The first-order chi connectivity index (χ1) is 10.2. The molecule has 2 N–H and O–H groups in total. The number of anilines is 1. The Kier molecular flexibility index (Phi) is 8.00. The Balaban J connectivity index is 2.76. The van der Waals surface area contributed by atoms with Crippen LogP contribution in [0.15, 0.2) is 18.2 Å². The van der Waals surface area contributed by atoms with Crippen molar-refractivity contribution in [1.82, 2.24) is 0 Å². The average molecular weight is 289 g/mol. The van der Waals surface area contributed by atoms with Crippen LogP contribution in [0.2, 0.25) is 0 Å². The monoisotopic (exact) mass is 289 g/mol. The number of hydrogen-bond acceptors (Lipinski definition) is 3. The van der Waals surface area contributed by atoms with Crippen molar-refractivity contribution in [2.45, 2.75) is 39.0 Å². The van der Waals surface area contributed by atoms with Crippen molar-refractivity contribution >= 4 is 11.6 Å². The number of aliphatic hydroxyl groups excluding tert-OH is 1. The van der Waals surface area contributed by atoms with Gasteiger partial charge in [-0.25, -0.2) is 0 Å². The fourth-order valence-corrected chi connectivity index (χ4v) is 1.85. The highest BCUT2D eigenvalue weighted by Gasteiger charge is 2.08. The number of methoxy groups -OCH3 is 1. The van der Waals surface area contributed by atoms with Gasteiger partial charge >= 0.3 is 0 Å². The molecule has 21 heavy (non-hydrogen) atoms. The van der Waals surface area contributed by atoms with Crippen LogP contribution in [0.4, 0.5) is 5.69 Å². The molecule has 0 fully saturated rings. The number of ether oxygens (including phenoxy) is 1. The molecule has 114 valence electrons. The summed E-state index contributed by atoms with van der Waals surface area (Å²) in [7, 11) is 1.57. The van der Waals surface area contributed by atoms with E-state index in [1.807, 2.05) is 6.07 Å². The minimum atomic E-state index is -0.0118. The Morgan fingerprint density at radius 1 is 1.38 bits per heavy atom. The van der Waals surface area contributed by atoms with Crippen LogP contribution in [0.25, 0.3) is 0 Å². The summed E-state index contributed by atoms with van der Waals surface area (Å²) >= 11 is 0. The lowest BCUT2D eigenvalue weighted by atomic mass is 10.1. The van der Waals surface area contributed by atoms with Gasteiger partial charge in [-0.05, 0) is 24.6 Å². The number of aliphatic hydroxyl groups is 1. The molecule has 1 amide bonds. The molecule has 0 spiro atoms. The predicted molar refractivity (Wildman–Crippen MR) is 84.3 cm³/mol. The number of hydrogen-bond donors (Lipinski definition) is 2. The first kappa shape index (κ1) is 17.1. The maximum Gasteiger partial charge on any atom is 0.224 e. The molecular weight excluding hydrogens is 266 g/mol. The third-order valence-corrected chi connectivity index (χ3v) is 2.95. The zero-order valence-corrected chi connectivity index (χ0v) is 12.7. The maximum absolute atomic E-state index is 11.9. The number of amides is 1. The zero-order chi connectivity index (χ0) is 15.5. The van der Waals surface area contributed by atoms with Crippen molar-refractivity contribution in [3.63, 3.8) is 0 Å². The van der Waals surface area contributed by atoms with Gasteiger partial charge < -0.3 is 15.2 Å². The van der Waals surface area contributed by atoms with E-state index in [2.05, 4.69) is 24.1 Å². The van der Waals surface area contributed by atoms with Gasteiger partial charge in [-0.1, -0.05) is 31.6 Å².